The van der Waals surface area contributed by atoms with E-state index in [0.717, 1.165) is 38.5 Å². The third-order valence-electron chi connectivity index (χ3n) is 6.97. The Labute approximate surface area is 238 Å². The number of aliphatic hydroxyl groups is 3. The largest absolute Gasteiger partial charge is 0.479 e. The molecule has 0 aromatic heterocycles. The third-order valence-corrected chi connectivity index (χ3v) is 6.97. The van der Waals surface area contributed by atoms with Gasteiger partial charge in [-0.05, 0) is 12.8 Å². The van der Waals surface area contributed by atoms with Crippen LogP contribution in [0.2, 0.25) is 0 Å². The van der Waals surface area contributed by atoms with Gasteiger partial charge in [0, 0.05) is 12.8 Å². The summed E-state index contributed by atoms with van der Waals surface area (Å²) < 4.78 is 21.4. The first-order valence-electron chi connectivity index (χ1n) is 15.1. The fraction of sp³-hybridized carbons (Fsp3) is 0.897. The first kappa shape index (κ1) is 36.2. The van der Waals surface area contributed by atoms with E-state index in [1.165, 1.54) is 38.5 Å². The molecule has 11 nitrogen and oxygen atoms in total. The van der Waals surface area contributed by atoms with Crippen molar-refractivity contribution in [3.63, 3.8) is 0 Å². The van der Waals surface area contributed by atoms with E-state index in [-0.39, 0.29) is 26.1 Å². The van der Waals surface area contributed by atoms with E-state index in [4.69, 9.17) is 18.9 Å². The van der Waals surface area contributed by atoms with Crippen LogP contribution in [0.15, 0.2) is 0 Å². The number of carboxylic acid groups (broad SMARTS) is 1. The molecule has 5 atom stereocenters. The monoisotopic (exact) mass is 576 g/mol. The summed E-state index contributed by atoms with van der Waals surface area (Å²) in [6.45, 7) is 3.65. The molecule has 4 N–H and O–H groups in total. The highest BCUT2D eigenvalue weighted by Gasteiger charge is 2.48. The highest BCUT2D eigenvalue weighted by molar-refractivity contribution is 5.73. The number of ether oxygens (including phenoxy) is 4. The fourth-order valence-electron chi connectivity index (χ4n) is 4.45. The summed E-state index contributed by atoms with van der Waals surface area (Å²) in [6.07, 6.45) is 4.98. The highest BCUT2D eigenvalue weighted by Crippen LogP contribution is 2.24. The van der Waals surface area contributed by atoms with Crippen LogP contribution < -0.4 is 0 Å². The summed E-state index contributed by atoms with van der Waals surface area (Å²) in [5.74, 6) is -2.47. The Balaban J connectivity index is 2.59. The molecule has 0 amide bonds. The van der Waals surface area contributed by atoms with Crippen molar-refractivity contribution in [3.05, 3.63) is 0 Å². The Morgan fingerprint density at radius 3 is 1.50 bits per heavy atom. The Bertz CT molecular complexity index is 667. The molecule has 0 aromatic rings. The standard InChI is InChI=1S/C29H52O11/c1-3-5-7-9-11-13-15-17-22(30)37-19-21(20-38-23(31)18-16-14-12-10-8-6-4-2)39-29-26(34)24(32)25(33)27(40-29)28(35)36/h21,24-27,29,32-34H,3-20H2,1-2H3,(H,35,36)/t24-,25-,26+,27-,29+/m0/s1. The zero-order valence-corrected chi connectivity index (χ0v) is 24.3. The van der Waals surface area contributed by atoms with E-state index in [1.54, 1.807) is 0 Å². The molecule has 0 spiro atoms. The van der Waals surface area contributed by atoms with Crippen LogP contribution in [0.5, 0.6) is 0 Å². The molecule has 0 bridgehead atoms. The summed E-state index contributed by atoms with van der Waals surface area (Å²) in [5, 5.41) is 39.5. The van der Waals surface area contributed by atoms with Gasteiger partial charge < -0.3 is 39.4 Å². The highest BCUT2D eigenvalue weighted by atomic mass is 16.7. The molecule has 1 heterocycles. The molecule has 0 saturated carbocycles. The summed E-state index contributed by atoms with van der Waals surface area (Å²) in [5.41, 5.74) is 0. The summed E-state index contributed by atoms with van der Waals surface area (Å²) in [6, 6.07) is 0. The van der Waals surface area contributed by atoms with E-state index in [9.17, 15) is 34.8 Å². The average molecular weight is 577 g/mol. The van der Waals surface area contributed by atoms with Crippen LogP contribution in [-0.2, 0) is 33.3 Å². The molecule has 0 radical (unpaired) electrons. The van der Waals surface area contributed by atoms with Gasteiger partial charge in [-0.2, -0.15) is 0 Å². The van der Waals surface area contributed by atoms with E-state index in [1.807, 2.05) is 0 Å². The van der Waals surface area contributed by atoms with Crippen LogP contribution in [-0.4, -0.2) is 88.4 Å². The van der Waals surface area contributed by atoms with Gasteiger partial charge in [-0.1, -0.05) is 90.9 Å². The molecular formula is C29H52O11. The smallest absolute Gasteiger partial charge is 0.335 e. The molecule has 1 aliphatic rings. The second-order valence-electron chi connectivity index (χ2n) is 10.6. The first-order valence-corrected chi connectivity index (χ1v) is 15.1. The number of carboxylic acids is 1. The Hall–Kier alpha value is -1.79. The number of rotatable bonds is 23. The average Bonchev–Trinajstić information content (AvgIpc) is 2.93. The van der Waals surface area contributed by atoms with Crippen molar-refractivity contribution in [1.29, 1.82) is 0 Å². The number of aliphatic carboxylic acids is 1. The van der Waals surface area contributed by atoms with Gasteiger partial charge in [-0.3, -0.25) is 9.59 Å². The number of aliphatic hydroxyl groups excluding tert-OH is 3. The number of unbranched alkanes of at least 4 members (excludes halogenated alkanes) is 12. The van der Waals surface area contributed by atoms with Crippen LogP contribution in [0.25, 0.3) is 0 Å². The van der Waals surface area contributed by atoms with Crippen LogP contribution in [0.4, 0.5) is 0 Å². The van der Waals surface area contributed by atoms with Gasteiger partial charge in [0.1, 0.15) is 37.6 Å². The SMILES string of the molecule is CCCCCCCCCC(=O)OCC(COC(=O)CCCCCCCCC)O[C@@H]1O[C@H](C(=O)O)[C@@H](O)[C@H](O)[C@H]1O. The molecule has 0 aromatic carbocycles. The van der Waals surface area contributed by atoms with Crippen LogP contribution in [0, 0.1) is 0 Å². The fourth-order valence-corrected chi connectivity index (χ4v) is 4.45. The van der Waals surface area contributed by atoms with E-state index in [2.05, 4.69) is 13.8 Å². The molecule has 234 valence electrons. The van der Waals surface area contributed by atoms with Gasteiger partial charge in [-0.25, -0.2) is 4.79 Å². The van der Waals surface area contributed by atoms with Gasteiger partial charge in [0.2, 0.25) is 0 Å². The van der Waals surface area contributed by atoms with Crippen LogP contribution >= 0.6 is 0 Å². The van der Waals surface area contributed by atoms with Crippen LogP contribution in [0.1, 0.15) is 117 Å². The maximum Gasteiger partial charge on any atom is 0.335 e. The molecule has 1 fully saturated rings. The second-order valence-corrected chi connectivity index (χ2v) is 10.6. The van der Waals surface area contributed by atoms with E-state index >= 15 is 0 Å². The van der Waals surface area contributed by atoms with Gasteiger partial charge in [0.05, 0.1) is 0 Å². The summed E-state index contributed by atoms with van der Waals surface area (Å²) >= 11 is 0. The lowest BCUT2D eigenvalue weighted by Gasteiger charge is -2.39. The van der Waals surface area contributed by atoms with E-state index in [0.29, 0.717) is 12.8 Å². The minimum atomic E-state index is -1.87. The summed E-state index contributed by atoms with van der Waals surface area (Å²) in [7, 11) is 0. The number of carbonyl (C=O) groups is 3. The predicted molar refractivity (Wildman–Crippen MR) is 146 cm³/mol. The number of hydrogen-bond acceptors (Lipinski definition) is 10. The van der Waals surface area contributed by atoms with Gasteiger partial charge in [-0.15, -0.1) is 0 Å². The summed E-state index contributed by atoms with van der Waals surface area (Å²) in [4.78, 5) is 35.9. The Morgan fingerprint density at radius 1 is 0.650 bits per heavy atom. The van der Waals surface area contributed by atoms with Gasteiger partial charge in [0.25, 0.3) is 0 Å². The maximum atomic E-state index is 12.3. The maximum absolute atomic E-state index is 12.3. The first-order chi connectivity index (χ1) is 19.2. The van der Waals surface area contributed by atoms with Crippen molar-refractivity contribution < 1.29 is 53.8 Å². The van der Waals surface area contributed by atoms with Crippen molar-refractivity contribution in [1.82, 2.24) is 0 Å². The number of carbonyl (C=O) groups excluding carboxylic acids is 2. The number of hydrogen-bond donors (Lipinski definition) is 4. The second kappa shape index (κ2) is 21.9. The normalized spacial score (nSPS) is 22.8. The lowest BCUT2D eigenvalue weighted by Crippen LogP contribution is -2.61. The molecule has 1 saturated heterocycles. The molecule has 0 unspecified atom stereocenters. The van der Waals surface area contributed by atoms with E-state index < -0.39 is 54.7 Å². The molecule has 0 aliphatic carbocycles. The van der Waals surface area contributed by atoms with Crippen molar-refractivity contribution in [2.24, 2.45) is 0 Å². The lowest BCUT2D eigenvalue weighted by atomic mass is 9.99. The van der Waals surface area contributed by atoms with Gasteiger partial charge >= 0.3 is 17.9 Å². The molecule has 1 rings (SSSR count). The van der Waals surface area contributed by atoms with Crippen molar-refractivity contribution >= 4 is 17.9 Å². The predicted octanol–water partition coefficient (Wildman–Crippen LogP) is 3.63. The minimum absolute atomic E-state index is 0.215. The number of esters is 2. The zero-order chi connectivity index (χ0) is 29.8. The third kappa shape index (κ3) is 15.3. The Morgan fingerprint density at radius 2 is 1.07 bits per heavy atom. The zero-order valence-electron chi connectivity index (χ0n) is 24.3. The quantitative estimate of drug-likeness (QED) is 0.103. The molecular weight excluding hydrogens is 524 g/mol. The Kier molecular flexibility index (Phi) is 19.8. The van der Waals surface area contributed by atoms with Gasteiger partial charge in [0.15, 0.2) is 12.4 Å². The topological polar surface area (TPSA) is 169 Å². The molecule has 1 aliphatic heterocycles. The molecule has 11 heteroatoms. The van der Waals surface area contributed by atoms with Crippen molar-refractivity contribution in [2.45, 2.75) is 153 Å². The van der Waals surface area contributed by atoms with Crippen LogP contribution in [0.3, 0.4) is 0 Å². The molecule has 40 heavy (non-hydrogen) atoms. The minimum Gasteiger partial charge on any atom is -0.479 e. The lowest BCUT2D eigenvalue weighted by molar-refractivity contribution is -0.308. The van der Waals surface area contributed by atoms with Crippen molar-refractivity contribution in [2.75, 3.05) is 13.2 Å². The van der Waals surface area contributed by atoms with Crippen molar-refractivity contribution in [3.8, 4) is 0 Å².